The molecule has 0 atom stereocenters. The number of carboxylic acids is 1. The summed E-state index contributed by atoms with van der Waals surface area (Å²) >= 11 is 0. The minimum Gasteiger partial charge on any atom is -0.478 e. The van der Waals surface area contributed by atoms with Gasteiger partial charge in [0.05, 0.1) is 17.5 Å². The summed E-state index contributed by atoms with van der Waals surface area (Å²) in [6.07, 6.45) is 4.82. The van der Waals surface area contributed by atoms with Crippen LogP contribution in [-0.4, -0.2) is 28.8 Å². The van der Waals surface area contributed by atoms with Crippen molar-refractivity contribution in [2.24, 2.45) is 4.99 Å². The van der Waals surface area contributed by atoms with Crippen LogP contribution in [-0.2, 0) is 4.79 Å². The molecule has 2 rings (SSSR count). The van der Waals surface area contributed by atoms with Crippen molar-refractivity contribution in [1.82, 2.24) is 10.4 Å². The molecule has 5 heteroatoms. The van der Waals surface area contributed by atoms with Crippen molar-refractivity contribution in [2.75, 3.05) is 6.54 Å². The van der Waals surface area contributed by atoms with Crippen LogP contribution < -0.4 is 5.43 Å². The highest BCUT2D eigenvalue weighted by atomic mass is 16.4. The van der Waals surface area contributed by atoms with E-state index in [1.807, 2.05) is 0 Å². The first kappa shape index (κ1) is 7.05. The first-order valence-electron chi connectivity index (χ1n) is 3.48. The minimum atomic E-state index is -0.901. The van der Waals surface area contributed by atoms with E-state index in [1.54, 1.807) is 17.4 Å². The molecule has 62 valence electrons. The Balaban J connectivity index is 2.40. The van der Waals surface area contributed by atoms with E-state index >= 15 is 0 Å². The largest absolute Gasteiger partial charge is 0.478 e. The molecule has 0 saturated heterocycles. The summed E-state index contributed by atoms with van der Waals surface area (Å²) in [5.41, 5.74) is 3.86. The molecule has 0 radical (unpaired) electrons. The molecule has 0 fully saturated rings. The highest BCUT2D eigenvalue weighted by molar-refractivity contribution is 5.96. The SMILES string of the molecule is O=C(O)C1=C2C=NC=CN2NC1. The summed E-state index contributed by atoms with van der Waals surface area (Å²) in [4.78, 5) is 14.5. The second-order valence-electron chi connectivity index (χ2n) is 2.45. The van der Waals surface area contributed by atoms with Crippen LogP contribution in [0.5, 0.6) is 0 Å². The number of fused-ring (bicyclic) bond motifs is 1. The first-order valence-corrected chi connectivity index (χ1v) is 3.48. The fourth-order valence-corrected chi connectivity index (χ4v) is 1.16. The highest BCUT2D eigenvalue weighted by Gasteiger charge is 2.24. The molecule has 5 nitrogen and oxygen atoms in total. The fourth-order valence-electron chi connectivity index (χ4n) is 1.16. The van der Waals surface area contributed by atoms with E-state index < -0.39 is 5.97 Å². The van der Waals surface area contributed by atoms with Gasteiger partial charge in [-0.1, -0.05) is 0 Å². The quantitative estimate of drug-likeness (QED) is 0.560. The number of hydrogen-bond acceptors (Lipinski definition) is 4. The number of aliphatic imine (C=N–C) groups is 1. The van der Waals surface area contributed by atoms with Crippen molar-refractivity contribution in [1.29, 1.82) is 0 Å². The monoisotopic (exact) mass is 165 g/mol. The van der Waals surface area contributed by atoms with E-state index in [-0.39, 0.29) is 0 Å². The minimum absolute atomic E-state index is 0.348. The Morgan fingerprint density at radius 3 is 3.33 bits per heavy atom. The number of carbonyl (C=O) groups is 1. The summed E-state index contributed by atoms with van der Waals surface area (Å²) in [6, 6.07) is 0. The van der Waals surface area contributed by atoms with Crippen molar-refractivity contribution >= 4 is 12.2 Å². The molecule has 0 bridgehead atoms. The van der Waals surface area contributed by atoms with Crippen LogP contribution in [0.3, 0.4) is 0 Å². The topological polar surface area (TPSA) is 64.9 Å². The Bertz CT molecular complexity index is 317. The van der Waals surface area contributed by atoms with Crippen molar-refractivity contribution in [3.05, 3.63) is 23.7 Å². The van der Waals surface area contributed by atoms with Gasteiger partial charge in [0.2, 0.25) is 0 Å². The molecule has 2 heterocycles. The third-order valence-corrected chi connectivity index (χ3v) is 1.75. The summed E-state index contributed by atoms with van der Waals surface area (Å²) in [7, 11) is 0. The number of allylic oxidation sites excluding steroid dienone is 1. The second-order valence-corrected chi connectivity index (χ2v) is 2.45. The molecule has 2 aliphatic heterocycles. The number of nitrogens with zero attached hydrogens (tertiary/aromatic N) is 2. The van der Waals surface area contributed by atoms with Gasteiger partial charge in [-0.3, -0.25) is 10.0 Å². The molecule has 0 aliphatic carbocycles. The molecule has 12 heavy (non-hydrogen) atoms. The zero-order valence-electron chi connectivity index (χ0n) is 6.19. The third-order valence-electron chi connectivity index (χ3n) is 1.75. The zero-order chi connectivity index (χ0) is 8.55. The van der Waals surface area contributed by atoms with Gasteiger partial charge < -0.3 is 5.11 Å². The highest BCUT2D eigenvalue weighted by Crippen LogP contribution is 2.16. The molecule has 2 N–H and O–H groups in total. The normalized spacial score (nSPS) is 20.2. The predicted octanol–water partition coefficient (Wildman–Crippen LogP) is -0.299. The lowest BCUT2D eigenvalue weighted by Crippen LogP contribution is -2.27. The second kappa shape index (κ2) is 2.46. The zero-order valence-corrected chi connectivity index (χ0v) is 6.19. The maximum atomic E-state index is 10.6. The van der Waals surface area contributed by atoms with Crippen molar-refractivity contribution < 1.29 is 9.90 Å². The van der Waals surface area contributed by atoms with Gasteiger partial charge in [0, 0.05) is 18.9 Å². The van der Waals surface area contributed by atoms with Crippen LogP contribution >= 0.6 is 0 Å². The fraction of sp³-hybridized carbons (Fsp3) is 0.143. The van der Waals surface area contributed by atoms with Crippen molar-refractivity contribution in [3.8, 4) is 0 Å². The molecule has 0 saturated carbocycles. The molecule has 0 aromatic rings. The molecule has 0 aromatic carbocycles. The van der Waals surface area contributed by atoms with Gasteiger partial charge in [0.1, 0.15) is 0 Å². The lowest BCUT2D eigenvalue weighted by atomic mass is 10.2. The van der Waals surface area contributed by atoms with Gasteiger partial charge in [0.25, 0.3) is 0 Å². The van der Waals surface area contributed by atoms with E-state index in [1.165, 1.54) is 6.21 Å². The third kappa shape index (κ3) is 0.911. The predicted molar refractivity (Wildman–Crippen MR) is 42.1 cm³/mol. The van der Waals surface area contributed by atoms with Gasteiger partial charge in [-0.25, -0.2) is 10.2 Å². The number of nitrogens with one attached hydrogen (secondary N) is 1. The van der Waals surface area contributed by atoms with Gasteiger partial charge in [-0.15, -0.1) is 0 Å². The van der Waals surface area contributed by atoms with E-state index in [0.29, 0.717) is 17.8 Å². The van der Waals surface area contributed by atoms with E-state index in [0.717, 1.165) is 0 Å². The number of carboxylic acid groups (broad SMARTS) is 1. The number of aliphatic carboxylic acids is 1. The van der Waals surface area contributed by atoms with E-state index in [9.17, 15) is 4.79 Å². The van der Waals surface area contributed by atoms with Gasteiger partial charge in [0.15, 0.2) is 0 Å². The molecule has 0 amide bonds. The van der Waals surface area contributed by atoms with Gasteiger partial charge >= 0.3 is 5.97 Å². The Kier molecular flexibility index (Phi) is 1.44. The molecular weight excluding hydrogens is 158 g/mol. The van der Waals surface area contributed by atoms with Gasteiger partial charge in [-0.2, -0.15) is 0 Å². The van der Waals surface area contributed by atoms with E-state index in [4.69, 9.17) is 5.11 Å². The molecule has 0 unspecified atom stereocenters. The summed E-state index contributed by atoms with van der Waals surface area (Å²) in [5, 5.41) is 10.4. The smallest absolute Gasteiger partial charge is 0.335 e. The molecule has 2 aliphatic rings. The lowest BCUT2D eigenvalue weighted by molar-refractivity contribution is -0.132. The van der Waals surface area contributed by atoms with Crippen LogP contribution in [0.2, 0.25) is 0 Å². The average molecular weight is 165 g/mol. The maximum absolute atomic E-state index is 10.6. The van der Waals surface area contributed by atoms with Crippen LogP contribution in [0.1, 0.15) is 0 Å². The standard InChI is InChI=1S/C7H7N3O2/c11-7(12)5-3-9-10-2-1-8-4-6(5)10/h1-2,4,9H,3H2,(H,11,12). The Labute approximate surface area is 68.7 Å². The Morgan fingerprint density at radius 1 is 1.75 bits per heavy atom. The number of hydrazine groups is 1. The Hall–Kier alpha value is -1.62. The summed E-state index contributed by atoms with van der Waals surface area (Å²) in [5.74, 6) is -0.901. The van der Waals surface area contributed by atoms with E-state index in [2.05, 4.69) is 10.4 Å². The molecular formula is C7H7N3O2. The van der Waals surface area contributed by atoms with Crippen LogP contribution in [0, 0.1) is 0 Å². The van der Waals surface area contributed by atoms with Crippen molar-refractivity contribution in [3.63, 3.8) is 0 Å². The van der Waals surface area contributed by atoms with Crippen LogP contribution in [0.4, 0.5) is 0 Å². The Morgan fingerprint density at radius 2 is 2.58 bits per heavy atom. The number of rotatable bonds is 1. The lowest BCUT2D eigenvalue weighted by Gasteiger charge is -2.15. The maximum Gasteiger partial charge on any atom is 0.335 e. The first-order chi connectivity index (χ1) is 5.79. The average Bonchev–Trinajstić information content (AvgIpc) is 2.47. The van der Waals surface area contributed by atoms with Crippen LogP contribution in [0.25, 0.3) is 0 Å². The summed E-state index contributed by atoms with van der Waals surface area (Å²) < 4.78 is 0. The summed E-state index contributed by atoms with van der Waals surface area (Å²) in [6.45, 7) is 0.348. The van der Waals surface area contributed by atoms with Crippen molar-refractivity contribution in [2.45, 2.75) is 0 Å². The molecule has 0 aromatic heterocycles. The molecule has 0 spiro atoms. The number of hydrogen-bond donors (Lipinski definition) is 2. The van der Waals surface area contributed by atoms with Crippen LogP contribution in [0.15, 0.2) is 28.7 Å². The van der Waals surface area contributed by atoms with Gasteiger partial charge in [-0.05, 0) is 0 Å².